The van der Waals surface area contributed by atoms with E-state index in [9.17, 15) is 35.1 Å². The number of rotatable bonds is 13. The second kappa shape index (κ2) is 13.9. The zero-order valence-corrected chi connectivity index (χ0v) is 24.8. The van der Waals surface area contributed by atoms with Gasteiger partial charge in [0.15, 0.2) is 17.7 Å². The number of ether oxygens (including phenoxy) is 2. The molecule has 2 aliphatic rings. The second-order valence-electron chi connectivity index (χ2n) is 10.8. The third-order valence-electron chi connectivity index (χ3n) is 7.82. The molecule has 0 aromatic carbocycles. The molecule has 2 aliphatic heterocycles. The first-order valence-corrected chi connectivity index (χ1v) is 15.1. The molecule has 2 saturated heterocycles. The minimum Gasteiger partial charge on any atom is -0.480 e. The Morgan fingerprint density at radius 2 is 1.87 bits per heavy atom. The van der Waals surface area contributed by atoms with Gasteiger partial charge in [-0.2, -0.15) is 4.98 Å². The maximum atomic E-state index is 12.5. The van der Waals surface area contributed by atoms with Crippen LogP contribution in [0.25, 0.3) is 11.2 Å². The van der Waals surface area contributed by atoms with Crippen LogP contribution in [-0.2, 0) is 14.3 Å². The van der Waals surface area contributed by atoms with E-state index in [-0.39, 0.29) is 37.6 Å². The topological polar surface area (TPSA) is 296 Å². The molecule has 2 fully saturated rings. The first kappa shape index (κ1) is 32.9. The number of anilines is 2. The number of hydrogen-bond acceptors (Lipinski definition) is 17. The number of nitrogens with two attached hydrogens (primary N) is 3. The summed E-state index contributed by atoms with van der Waals surface area (Å²) in [4.78, 5) is 42.3. The predicted octanol–water partition coefficient (Wildman–Crippen LogP) is -3.30. The number of aromatic nitrogens is 6. The summed E-state index contributed by atoms with van der Waals surface area (Å²) in [7, 11) is 0. The summed E-state index contributed by atoms with van der Waals surface area (Å²) >= 11 is 1.27. The molecule has 11 N–H and O–H groups in total. The van der Waals surface area contributed by atoms with Crippen LogP contribution in [0.3, 0.4) is 0 Å². The van der Waals surface area contributed by atoms with Gasteiger partial charge >= 0.3 is 11.7 Å². The van der Waals surface area contributed by atoms with Crippen LogP contribution in [-0.4, -0.2) is 134 Å². The van der Waals surface area contributed by atoms with Gasteiger partial charge in [-0.3, -0.25) is 18.8 Å². The molecule has 20 heteroatoms. The number of imidazole rings is 1. The Bertz CT molecular complexity index is 1560. The van der Waals surface area contributed by atoms with Crippen molar-refractivity contribution in [1.29, 1.82) is 0 Å². The summed E-state index contributed by atoms with van der Waals surface area (Å²) in [5.41, 5.74) is 17.6. The highest BCUT2D eigenvalue weighted by molar-refractivity contribution is 7.99. The van der Waals surface area contributed by atoms with E-state index in [1.807, 2.05) is 4.90 Å². The molecule has 0 radical (unpaired) electrons. The number of aliphatic hydroxyl groups excluding tert-OH is 4. The van der Waals surface area contributed by atoms with Gasteiger partial charge in [0.25, 0.3) is 0 Å². The van der Waals surface area contributed by atoms with Gasteiger partial charge < -0.3 is 52.2 Å². The lowest BCUT2D eigenvalue weighted by molar-refractivity contribution is -0.138. The predicted molar refractivity (Wildman–Crippen MR) is 158 cm³/mol. The SMILES string of the molecule is Nc1nc(=O)n(C2C[C@H](O)[C@@H](CO)O2)cc1SCCN(CC[C@H](N)C(=O)O)C[C@H]1O[C@@H](n2cnc3c(N)ncnc32)[C@H](O)[C@@H]1O. The molecular weight excluding hydrogens is 616 g/mol. The Morgan fingerprint density at radius 3 is 2.58 bits per heavy atom. The quantitative estimate of drug-likeness (QED) is 0.0839. The standard InChI is InChI=1S/C25H36N10O9S/c26-11(24(40)41)1-2-33(3-4-45-15-7-34(25(42)32-20(15)27)16-5-12(37)14(8-36)43-16)6-13-18(38)19(39)23(44-13)35-10-31-17-21(28)29-9-30-22(17)35/h7,9-14,16,18-19,23,36-39H,1-6,8,26H2,(H,40,41)(H2,27,32,42)(H2,28,29,30)/t11-,12-,13+,14+,16?,18+,19+,23+/m0/s1. The Kier molecular flexibility index (Phi) is 10.2. The summed E-state index contributed by atoms with van der Waals surface area (Å²) in [6.45, 7) is 0.264. The largest absolute Gasteiger partial charge is 0.480 e. The maximum absolute atomic E-state index is 12.5. The molecule has 0 saturated carbocycles. The Balaban J connectivity index is 1.27. The molecule has 3 aromatic heterocycles. The monoisotopic (exact) mass is 652 g/mol. The summed E-state index contributed by atoms with van der Waals surface area (Å²) < 4.78 is 14.3. The molecule has 5 heterocycles. The third-order valence-corrected chi connectivity index (χ3v) is 8.83. The van der Waals surface area contributed by atoms with Crippen molar-refractivity contribution in [3.63, 3.8) is 0 Å². The van der Waals surface area contributed by atoms with Crippen LogP contribution in [0.2, 0.25) is 0 Å². The van der Waals surface area contributed by atoms with E-state index in [1.54, 1.807) is 0 Å². The summed E-state index contributed by atoms with van der Waals surface area (Å²) in [5.74, 6) is -0.628. The molecule has 0 spiro atoms. The van der Waals surface area contributed by atoms with Crippen molar-refractivity contribution >= 4 is 40.5 Å². The van der Waals surface area contributed by atoms with Gasteiger partial charge in [0.05, 0.1) is 23.9 Å². The third kappa shape index (κ3) is 7.03. The van der Waals surface area contributed by atoms with E-state index in [0.29, 0.717) is 28.4 Å². The minimum atomic E-state index is -1.34. The number of hydrogen-bond donors (Lipinski definition) is 8. The van der Waals surface area contributed by atoms with Gasteiger partial charge in [-0.15, -0.1) is 11.8 Å². The number of carbonyl (C=O) groups is 1. The first-order valence-electron chi connectivity index (χ1n) is 14.1. The number of aliphatic carboxylic acids is 1. The zero-order chi connectivity index (χ0) is 32.4. The van der Waals surface area contributed by atoms with Crippen molar-refractivity contribution in [2.24, 2.45) is 5.73 Å². The molecule has 45 heavy (non-hydrogen) atoms. The molecule has 8 atom stereocenters. The lowest BCUT2D eigenvalue weighted by Gasteiger charge is -2.27. The second-order valence-corrected chi connectivity index (χ2v) is 11.9. The average molecular weight is 653 g/mol. The molecular formula is C25H36N10O9S. The number of nitrogen functional groups attached to an aromatic ring is 2. The van der Waals surface area contributed by atoms with Crippen molar-refractivity contribution in [1.82, 2.24) is 34.0 Å². The maximum Gasteiger partial charge on any atom is 0.351 e. The van der Waals surface area contributed by atoms with Crippen molar-refractivity contribution in [3.05, 3.63) is 29.3 Å². The van der Waals surface area contributed by atoms with E-state index < -0.39 is 67.3 Å². The minimum absolute atomic E-state index is 0.00419. The van der Waals surface area contributed by atoms with Crippen LogP contribution < -0.4 is 22.9 Å². The lowest BCUT2D eigenvalue weighted by Crippen LogP contribution is -2.43. The molecule has 0 amide bonds. The van der Waals surface area contributed by atoms with E-state index in [4.69, 9.17) is 26.7 Å². The Labute approximate surface area is 259 Å². The van der Waals surface area contributed by atoms with Crippen molar-refractivity contribution < 1.29 is 39.8 Å². The van der Waals surface area contributed by atoms with E-state index >= 15 is 0 Å². The Morgan fingerprint density at radius 1 is 1.09 bits per heavy atom. The van der Waals surface area contributed by atoms with Crippen molar-refractivity contribution in [3.8, 4) is 0 Å². The fraction of sp³-hybridized carbons (Fsp3) is 0.600. The number of nitrogens with zero attached hydrogens (tertiary/aromatic N) is 7. The summed E-state index contributed by atoms with van der Waals surface area (Å²) in [6.07, 6.45) is -2.86. The Hall–Kier alpha value is -3.47. The van der Waals surface area contributed by atoms with E-state index in [2.05, 4.69) is 19.9 Å². The van der Waals surface area contributed by atoms with E-state index in [0.717, 1.165) is 0 Å². The molecule has 3 aromatic rings. The highest BCUT2D eigenvalue weighted by Crippen LogP contribution is 2.33. The van der Waals surface area contributed by atoms with Crippen LogP contribution >= 0.6 is 11.8 Å². The van der Waals surface area contributed by atoms with Crippen molar-refractivity contribution in [2.75, 3.05) is 43.5 Å². The lowest BCUT2D eigenvalue weighted by atomic mass is 10.1. The number of aliphatic hydroxyl groups is 4. The van der Waals surface area contributed by atoms with Gasteiger partial charge in [0.2, 0.25) is 0 Å². The highest BCUT2D eigenvalue weighted by atomic mass is 32.2. The molecule has 0 aliphatic carbocycles. The van der Waals surface area contributed by atoms with Crippen LogP contribution in [0, 0.1) is 0 Å². The van der Waals surface area contributed by atoms with Gasteiger partial charge in [0, 0.05) is 38.0 Å². The number of thioether (sulfide) groups is 1. The molecule has 5 rings (SSSR count). The highest BCUT2D eigenvalue weighted by Gasteiger charge is 2.45. The summed E-state index contributed by atoms with van der Waals surface area (Å²) in [5, 5.41) is 50.5. The van der Waals surface area contributed by atoms with Crippen molar-refractivity contribution in [2.45, 2.75) is 66.8 Å². The number of carboxylic acid groups (broad SMARTS) is 1. The zero-order valence-electron chi connectivity index (χ0n) is 23.9. The fourth-order valence-corrected chi connectivity index (χ4v) is 6.23. The van der Waals surface area contributed by atoms with Crippen LogP contribution in [0.15, 0.2) is 28.5 Å². The summed E-state index contributed by atoms with van der Waals surface area (Å²) in [6, 6.07) is -1.12. The van der Waals surface area contributed by atoms with Gasteiger partial charge in [-0.05, 0) is 6.42 Å². The van der Waals surface area contributed by atoms with Gasteiger partial charge in [0.1, 0.15) is 54.3 Å². The normalized spacial score (nSPS) is 27.5. The van der Waals surface area contributed by atoms with Crippen LogP contribution in [0.4, 0.5) is 11.6 Å². The van der Waals surface area contributed by atoms with E-state index in [1.165, 1.54) is 39.7 Å². The van der Waals surface area contributed by atoms with Crippen LogP contribution in [0.5, 0.6) is 0 Å². The number of carboxylic acids is 1. The van der Waals surface area contributed by atoms with Gasteiger partial charge in [-0.1, -0.05) is 0 Å². The first-order chi connectivity index (χ1) is 21.5. The van der Waals surface area contributed by atoms with Gasteiger partial charge in [-0.25, -0.2) is 19.7 Å². The molecule has 0 bridgehead atoms. The smallest absolute Gasteiger partial charge is 0.351 e. The average Bonchev–Trinajstić information content (AvgIpc) is 3.68. The molecule has 19 nitrogen and oxygen atoms in total. The molecule has 246 valence electrons. The van der Waals surface area contributed by atoms with Crippen LogP contribution in [0.1, 0.15) is 25.3 Å². The molecule has 1 unspecified atom stereocenters. The number of fused-ring (bicyclic) bond motifs is 1. The fourth-order valence-electron chi connectivity index (χ4n) is 5.28.